The lowest BCUT2D eigenvalue weighted by Crippen LogP contribution is -2.23. The lowest BCUT2D eigenvalue weighted by atomic mass is 10.2. The van der Waals surface area contributed by atoms with E-state index in [1.54, 1.807) is 28.9 Å². The third-order valence-corrected chi connectivity index (χ3v) is 4.81. The van der Waals surface area contributed by atoms with Crippen LogP contribution < -0.4 is 5.32 Å². The molecule has 0 aromatic carbocycles. The van der Waals surface area contributed by atoms with Gasteiger partial charge in [0.15, 0.2) is 5.13 Å². The number of rotatable bonds is 4. The molecule has 108 valence electrons. The number of thiazole rings is 1. The maximum atomic E-state index is 12.4. The van der Waals surface area contributed by atoms with Crippen LogP contribution in [0.5, 0.6) is 0 Å². The molecule has 0 aliphatic heterocycles. The van der Waals surface area contributed by atoms with Gasteiger partial charge < -0.3 is 5.32 Å². The molecule has 6 heteroatoms. The molecule has 0 atom stereocenters. The van der Waals surface area contributed by atoms with Crippen molar-refractivity contribution in [1.29, 1.82) is 0 Å². The Labute approximate surface area is 131 Å². The first kappa shape index (κ1) is 14.0. The second-order valence-electron chi connectivity index (χ2n) is 4.75. The van der Waals surface area contributed by atoms with Crippen LogP contribution in [0.3, 0.4) is 0 Å². The zero-order valence-corrected chi connectivity index (χ0v) is 13.4. The molecular formula is C15H15N3OS2. The van der Waals surface area contributed by atoms with Crippen molar-refractivity contribution in [2.45, 2.75) is 20.4 Å². The van der Waals surface area contributed by atoms with Gasteiger partial charge in [-0.15, -0.1) is 11.3 Å². The van der Waals surface area contributed by atoms with E-state index in [4.69, 9.17) is 0 Å². The number of hydrogen-bond acceptors (Lipinski definition) is 4. The van der Waals surface area contributed by atoms with Gasteiger partial charge in [0.1, 0.15) is 0 Å². The molecule has 0 aliphatic rings. The summed E-state index contributed by atoms with van der Waals surface area (Å²) in [7, 11) is 0. The number of nitrogens with one attached hydrogen (secondary N) is 1. The van der Waals surface area contributed by atoms with Gasteiger partial charge in [-0.1, -0.05) is 0 Å². The second kappa shape index (κ2) is 5.83. The minimum atomic E-state index is -0.0443. The van der Waals surface area contributed by atoms with Crippen molar-refractivity contribution in [3.63, 3.8) is 0 Å². The predicted molar refractivity (Wildman–Crippen MR) is 86.4 cm³/mol. The average Bonchev–Trinajstić information content (AvgIpc) is 3.18. The van der Waals surface area contributed by atoms with Gasteiger partial charge in [-0.25, -0.2) is 4.98 Å². The Hall–Kier alpha value is -1.92. The molecule has 4 nitrogen and oxygen atoms in total. The summed E-state index contributed by atoms with van der Waals surface area (Å²) in [5.74, 6) is -0.0443. The Morgan fingerprint density at radius 3 is 2.90 bits per heavy atom. The molecule has 3 heterocycles. The Morgan fingerprint density at radius 1 is 1.38 bits per heavy atom. The Bertz CT molecular complexity index is 742. The molecule has 1 N–H and O–H groups in total. The summed E-state index contributed by atoms with van der Waals surface area (Å²) in [5, 5.41) is 9.84. The summed E-state index contributed by atoms with van der Waals surface area (Å²) in [4.78, 5) is 16.7. The maximum Gasteiger partial charge on any atom is 0.253 e. The van der Waals surface area contributed by atoms with E-state index < -0.39 is 0 Å². The Kier molecular flexibility index (Phi) is 3.90. The van der Waals surface area contributed by atoms with Gasteiger partial charge in [-0.05, 0) is 42.3 Å². The lowest BCUT2D eigenvalue weighted by Gasteiger charge is -2.06. The molecule has 0 fully saturated rings. The fraction of sp³-hybridized carbons (Fsp3) is 0.200. The van der Waals surface area contributed by atoms with Gasteiger partial charge in [-0.3, -0.25) is 9.36 Å². The third kappa shape index (κ3) is 2.77. The summed E-state index contributed by atoms with van der Waals surface area (Å²) in [6.07, 6.45) is 1.77. The van der Waals surface area contributed by atoms with E-state index in [-0.39, 0.29) is 5.91 Å². The SMILES string of the molecule is Cc1cc(C(=O)NCc2ccsc2)c(C)n1-c1nccs1. The number of carbonyl (C=O) groups excluding carboxylic acids is 1. The molecular weight excluding hydrogens is 302 g/mol. The molecule has 0 spiro atoms. The number of nitrogens with zero attached hydrogens (tertiary/aromatic N) is 2. The van der Waals surface area contributed by atoms with Crippen LogP contribution in [0.4, 0.5) is 0 Å². The van der Waals surface area contributed by atoms with Crippen molar-refractivity contribution in [3.05, 3.63) is 57.0 Å². The van der Waals surface area contributed by atoms with Crippen molar-refractivity contribution in [2.75, 3.05) is 0 Å². The van der Waals surface area contributed by atoms with E-state index in [1.165, 1.54) is 0 Å². The minimum absolute atomic E-state index is 0.0443. The van der Waals surface area contributed by atoms with Crippen molar-refractivity contribution in [1.82, 2.24) is 14.9 Å². The standard InChI is InChI=1S/C15H15N3OS2/c1-10-7-13(11(2)18(10)15-16-4-6-21-15)14(19)17-8-12-3-5-20-9-12/h3-7,9H,8H2,1-2H3,(H,17,19). The molecule has 21 heavy (non-hydrogen) atoms. The second-order valence-corrected chi connectivity index (χ2v) is 6.40. The zero-order chi connectivity index (χ0) is 14.8. The molecule has 0 radical (unpaired) electrons. The third-order valence-electron chi connectivity index (χ3n) is 3.32. The van der Waals surface area contributed by atoms with E-state index in [9.17, 15) is 4.79 Å². The summed E-state index contributed by atoms with van der Waals surface area (Å²) in [6.45, 7) is 4.50. The fourth-order valence-corrected chi connectivity index (χ4v) is 3.70. The zero-order valence-electron chi connectivity index (χ0n) is 11.8. The Balaban J connectivity index is 1.82. The van der Waals surface area contributed by atoms with Crippen LogP contribution in [0.15, 0.2) is 34.5 Å². The summed E-state index contributed by atoms with van der Waals surface area (Å²) in [6, 6.07) is 3.93. The highest BCUT2D eigenvalue weighted by molar-refractivity contribution is 7.12. The number of carbonyl (C=O) groups is 1. The molecule has 3 aromatic rings. The lowest BCUT2D eigenvalue weighted by molar-refractivity contribution is 0.0950. The monoisotopic (exact) mass is 317 g/mol. The van der Waals surface area contributed by atoms with E-state index in [0.717, 1.165) is 22.1 Å². The van der Waals surface area contributed by atoms with Gasteiger partial charge in [0.25, 0.3) is 5.91 Å². The highest BCUT2D eigenvalue weighted by atomic mass is 32.1. The fourth-order valence-electron chi connectivity index (χ4n) is 2.28. The van der Waals surface area contributed by atoms with Crippen LogP contribution in [0, 0.1) is 13.8 Å². The van der Waals surface area contributed by atoms with Crippen molar-refractivity contribution in [2.24, 2.45) is 0 Å². The van der Waals surface area contributed by atoms with Crippen LogP contribution in [0.2, 0.25) is 0 Å². The number of hydrogen-bond donors (Lipinski definition) is 1. The van der Waals surface area contributed by atoms with Crippen molar-refractivity contribution < 1.29 is 4.79 Å². The van der Waals surface area contributed by atoms with E-state index in [1.807, 2.05) is 46.7 Å². The van der Waals surface area contributed by atoms with Crippen LogP contribution in [0.25, 0.3) is 5.13 Å². The highest BCUT2D eigenvalue weighted by Gasteiger charge is 2.17. The molecule has 1 amide bonds. The van der Waals surface area contributed by atoms with E-state index in [2.05, 4.69) is 10.3 Å². The molecule has 0 unspecified atom stereocenters. The van der Waals surface area contributed by atoms with Gasteiger partial charge >= 0.3 is 0 Å². The molecule has 0 saturated heterocycles. The molecule has 0 saturated carbocycles. The number of amides is 1. The predicted octanol–water partition coefficient (Wildman–Crippen LogP) is 3.54. The van der Waals surface area contributed by atoms with Gasteiger partial charge in [0, 0.05) is 29.5 Å². The molecule has 0 aliphatic carbocycles. The van der Waals surface area contributed by atoms with Gasteiger partial charge in [-0.2, -0.15) is 11.3 Å². The van der Waals surface area contributed by atoms with Crippen LogP contribution in [-0.4, -0.2) is 15.5 Å². The summed E-state index contributed by atoms with van der Waals surface area (Å²) < 4.78 is 2.02. The molecule has 0 bridgehead atoms. The maximum absolute atomic E-state index is 12.4. The van der Waals surface area contributed by atoms with Gasteiger partial charge in [0.2, 0.25) is 0 Å². The van der Waals surface area contributed by atoms with Crippen LogP contribution >= 0.6 is 22.7 Å². The first-order valence-electron chi connectivity index (χ1n) is 6.55. The van der Waals surface area contributed by atoms with Crippen molar-refractivity contribution >= 4 is 28.6 Å². The normalized spacial score (nSPS) is 10.8. The highest BCUT2D eigenvalue weighted by Crippen LogP contribution is 2.22. The summed E-state index contributed by atoms with van der Waals surface area (Å²) in [5.41, 5.74) is 3.77. The number of aromatic nitrogens is 2. The Morgan fingerprint density at radius 2 is 2.24 bits per heavy atom. The molecule has 3 rings (SSSR count). The quantitative estimate of drug-likeness (QED) is 0.800. The smallest absolute Gasteiger partial charge is 0.253 e. The average molecular weight is 317 g/mol. The van der Waals surface area contributed by atoms with E-state index in [0.29, 0.717) is 12.1 Å². The van der Waals surface area contributed by atoms with Crippen LogP contribution in [0.1, 0.15) is 27.3 Å². The first-order chi connectivity index (χ1) is 10.2. The number of thiophene rings is 1. The molecule has 3 aromatic heterocycles. The first-order valence-corrected chi connectivity index (χ1v) is 8.37. The van der Waals surface area contributed by atoms with Crippen molar-refractivity contribution in [3.8, 4) is 5.13 Å². The summed E-state index contributed by atoms with van der Waals surface area (Å²) >= 11 is 3.20. The van der Waals surface area contributed by atoms with E-state index >= 15 is 0 Å². The van der Waals surface area contributed by atoms with Gasteiger partial charge in [0.05, 0.1) is 5.56 Å². The largest absolute Gasteiger partial charge is 0.348 e. The van der Waals surface area contributed by atoms with Crippen LogP contribution in [-0.2, 0) is 6.54 Å². The number of aryl methyl sites for hydroxylation is 1. The minimum Gasteiger partial charge on any atom is -0.348 e. The topological polar surface area (TPSA) is 46.9 Å².